The number of aromatic amines is 1. The Morgan fingerprint density at radius 2 is 1.79 bits per heavy atom. The molecule has 210 valence electrons. The van der Waals surface area contributed by atoms with Crippen molar-refractivity contribution in [1.82, 2.24) is 20.7 Å². The van der Waals surface area contributed by atoms with Gasteiger partial charge in [0.15, 0.2) is 0 Å². The molecular weight excluding hydrogens is 521 g/mol. The van der Waals surface area contributed by atoms with E-state index >= 15 is 0 Å². The number of nitrogens with one attached hydrogen (secondary N) is 2. The van der Waals surface area contributed by atoms with Crippen LogP contribution < -0.4 is 19.5 Å². The van der Waals surface area contributed by atoms with Crippen molar-refractivity contribution in [1.29, 1.82) is 0 Å². The molecule has 2 heterocycles. The van der Waals surface area contributed by atoms with Crippen molar-refractivity contribution >= 4 is 10.9 Å². The molecule has 10 nitrogen and oxygen atoms in total. The standard InChI is InChI=1S/C26H29F3N4O6/c27-26(28,29)39-22-10-18(9-21(13-22)36-6-4-34)14-30-3-1-2-5-35-7-8-37-25-12-19(20-15-32-38-17-20)11-24-23(25)16-31-33-24/h9-13,15-17,30,34H,1-8,14H2,(H,31,33). The number of fused-ring (bicyclic) bond motifs is 1. The van der Waals surface area contributed by atoms with Crippen molar-refractivity contribution < 1.29 is 41.7 Å². The summed E-state index contributed by atoms with van der Waals surface area (Å²) in [5.41, 5.74) is 3.13. The van der Waals surface area contributed by atoms with E-state index in [0.29, 0.717) is 44.2 Å². The molecule has 0 unspecified atom stereocenters. The SMILES string of the molecule is OCCOc1cc(CNCCCCOCCOc2cc(-c3cnoc3)cc3[nH]ncc23)cc(OC(F)(F)F)c1. The Kier molecular flexibility index (Phi) is 10.00. The van der Waals surface area contributed by atoms with Crippen LogP contribution >= 0.6 is 0 Å². The van der Waals surface area contributed by atoms with Crippen LogP contribution in [0.25, 0.3) is 22.0 Å². The van der Waals surface area contributed by atoms with E-state index in [-0.39, 0.29) is 24.7 Å². The number of aliphatic hydroxyl groups is 1. The minimum atomic E-state index is -4.81. The van der Waals surface area contributed by atoms with E-state index in [1.165, 1.54) is 6.07 Å². The van der Waals surface area contributed by atoms with Crippen LogP contribution in [-0.2, 0) is 11.3 Å². The summed E-state index contributed by atoms with van der Waals surface area (Å²) in [6.45, 7) is 2.01. The lowest BCUT2D eigenvalue weighted by atomic mass is 10.1. The van der Waals surface area contributed by atoms with Gasteiger partial charge in [-0.25, -0.2) is 0 Å². The average Bonchev–Trinajstić information content (AvgIpc) is 3.60. The van der Waals surface area contributed by atoms with Crippen molar-refractivity contribution in [2.24, 2.45) is 0 Å². The molecule has 0 aliphatic heterocycles. The molecule has 0 aliphatic rings. The zero-order valence-corrected chi connectivity index (χ0v) is 21.0. The molecule has 0 fully saturated rings. The van der Waals surface area contributed by atoms with Crippen molar-refractivity contribution in [3.8, 4) is 28.4 Å². The van der Waals surface area contributed by atoms with E-state index in [2.05, 4.69) is 25.4 Å². The fraction of sp³-hybridized carbons (Fsp3) is 0.385. The normalized spacial score (nSPS) is 11.7. The van der Waals surface area contributed by atoms with Gasteiger partial charge in [0.25, 0.3) is 0 Å². The topological polar surface area (TPSA) is 124 Å². The van der Waals surface area contributed by atoms with E-state index in [1.807, 2.05) is 12.1 Å². The van der Waals surface area contributed by atoms with Crippen molar-refractivity contribution in [3.63, 3.8) is 0 Å². The van der Waals surface area contributed by atoms with E-state index in [9.17, 15) is 13.2 Å². The predicted molar refractivity (Wildman–Crippen MR) is 135 cm³/mol. The Hall–Kier alpha value is -3.81. The van der Waals surface area contributed by atoms with Crippen molar-refractivity contribution in [3.05, 3.63) is 54.6 Å². The molecule has 3 N–H and O–H groups in total. The van der Waals surface area contributed by atoms with Gasteiger partial charge in [-0.1, -0.05) is 5.16 Å². The van der Waals surface area contributed by atoms with E-state index < -0.39 is 6.36 Å². The molecule has 0 radical (unpaired) electrons. The first-order valence-corrected chi connectivity index (χ1v) is 12.3. The third-order valence-corrected chi connectivity index (χ3v) is 5.53. The Morgan fingerprint density at radius 1 is 0.923 bits per heavy atom. The Balaban J connectivity index is 1.14. The number of rotatable bonds is 16. The smallest absolute Gasteiger partial charge is 0.491 e. The first kappa shape index (κ1) is 28.2. The van der Waals surface area contributed by atoms with Crippen LogP contribution in [0.3, 0.4) is 0 Å². The van der Waals surface area contributed by atoms with Gasteiger partial charge in [-0.3, -0.25) is 5.10 Å². The monoisotopic (exact) mass is 550 g/mol. The van der Waals surface area contributed by atoms with Crippen molar-refractivity contribution in [2.75, 3.05) is 39.6 Å². The largest absolute Gasteiger partial charge is 0.573 e. The minimum absolute atomic E-state index is 0.0313. The summed E-state index contributed by atoms with van der Waals surface area (Å²) >= 11 is 0. The quantitative estimate of drug-likeness (QED) is 0.174. The van der Waals surface area contributed by atoms with Gasteiger partial charge in [-0.15, -0.1) is 13.2 Å². The lowest BCUT2D eigenvalue weighted by Crippen LogP contribution is -2.18. The Labute approximate surface area is 222 Å². The molecular formula is C26H29F3N4O6. The molecule has 0 atom stereocenters. The molecule has 13 heteroatoms. The molecule has 0 amide bonds. The molecule has 2 aromatic carbocycles. The Bertz CT molecular complexity index is 1300. The average molecular weight is 551 g/mol. The number of benzene rings is 2. The summed E-state index contributed by atoms with van der Waals surface area (Å²) in [6.07, 6.45) is 1.69. The fourth-order valence-corrected chi connectivity index (χ4v) is 3.82. The molecule has 4 rings (SSSR count). The highest BCUT2D eigenvalue weighted by Crippen LogP contribution is 2.31. The first-order chi connectivity index (χ1) is 18.9. The molecule has 0 saturated carbocycles. The second-order valence-corrected chi connectivity index (χ2v) is 8.50. The second kappa shape index (κ2) is 13.8. The molecule has 0 bridgehead atoms. The van der Waals surface area contributed by atoms with Gasteiger partial charge in [0.05, 0.1) is 36.5 Å². The number of halogens is 3. The molecule has 4 aromatic rings. The number of aromatic nitrogens is 3. The van der Waals surface area contributed by atoms with E-state index in [4.69, 9.17) is 23.8 Å². The summed E-state index contributed by atoms with van der Waals surface area (Å²) in [5, 5.41) is 23.7. The lowest BCUT2D eigenvalue weighted by molar-refractivity contribution is -0.274. The van der Waals surface area contributed by atoms with Gasteiger partial charge in [0, 0.05) is 24.8 Å². The number of H-pyrrole nitrogens is 1. The summed E-state index contributed by atoms with van der Waals surface area (Å²) < 4.78 is 63.6. The zero-order valence-electron chi connectivity index (χ0n) is 21.0. The van der Waals surface area contributed by atoms with Gasteiger partial charge < -0.3 is 33.9 Å². The second-order valence-electron chi connectivity index (χ2n) is 8.50. The van der Waals surface area contributed by atoms with E-state index in [1.54, 1.807) is 24.7 Å². The number of hydrogen-bond donors (Lipinski definition) is 3. The van der Waals surface area contributed by atoms with E-state index in [0.717, 1.165) is 40.9 Å². The van der Waals surface area contributed by atoms with Crippen LogP contribution in [0.15, 0.2) is 53.5 Å². The zero-order chi connectivity index (χ0) is 27.5. The van der Waals surface area contributed by atoms with Crippen molar-refractivity contribution in [2.45, 2.75) is 25.7 Å². The molecule has 0 aliphatic carbocycles. The van der Waals surface area contributed by atoms with Crippen LogP contribution in [-0.4, -0.2) is 66.4 Å². The molecule has 0 saturated heterocycles. The summed E-state index contributed by atoms with van der Waals surface area (Å²) in [7, 11) is 0. The maximum absolute atomic E-state index is 12.6. The van der Waals surface area contributed by atoms with Gasteiger partial charge in [0.1, 0.15) is 36.7 Å². The number of hydrogen-bond acceptors (Lipinski definition) is 9. The molecule has 0 spiro atoms. The summed E-state index contributed by atoms with van der Waals surface area (Å²) in [4.78, 5) is 0. The van der Waals surface area contributed by atoms with Crippen LogP contribution in [0.5, 0.6) is 17.2 Å². The highest BCUT2D eigenvalue weighted by Gasteiger charge is 2.31. The first-order valence-electron chi connectivity index (χ1n) is 12.3. The van der Waals surface area contributed by atoms with Crippen LogP contribution in [0.2, 0.25) is 0 Å². The van der Waals surface area contributed by atoms with Crippen LogP contribution in [0.4, 0.5) is 13.2 Å². The fourth-order valence-electron chi connectivity index (χ4n) is 3.82. The van der Waals surface area contributed by atoms with Gasteiger partial charge in [-0.2, -0.15) is 5.10 Å². The highest BCUT2D eigenvalue weighted by molar-refractivity contribution is 5.89. The molecule has 39 heavy (non-hydrogen) atoms. The van der Waals surface area contributed by atoms with Crippen LogP contribution in [0, 0.1) is 0 Å². The third-order valence-electron chi connectivity index (χ3n) is 5.53. The number of unbranched alkanes of at least 4 members (excludes halogenated alkanes) is 1. The Morgan fingerprint density at radius 3 is 2.59 bits per heavy atom. The predicted octanol–water partition coefficient (Wildman–Crippen LogP) is 4.45. The van der Waals surface area contributed by atoms with Gasteiger partial charge in [0.2, 0.25) is 0 Å². The maximum atomic E-state index is 12.6. The summed E-state index contributed by atoms with van der Waals surface area (Å²) in [6, 6.07) is 7.90. The minimum Gasteiger partial charge on any atom is -0.491 e. The lowest BCUT2D eigenvalue weighted by Gasteiger charge is -2.13. The number of ether oxygens (including phenoxy) is 4. The maximum Gasteiger partial charge on any atom is 0.573 e. The van der Waals surface area contributed by atoms with Gasteiger partial charge in [-0.05, 0) is 54.8 Å². The number of alkyl halides is 3. The number of aliphatic hydroxyl groups excluding tert-OH is 1. The summed E-state index contributed by atoms with van der Waals surface area (Å²) in [5.74, 6) is 0.501. The van der Waals surface area contributed by atoms with Crippen LogP contribution in [0.1, 0.15) is 18.4 Å². The van der Waals surface area contributed by atoms with Gasteiger partial charge >= 0.3 is 6.36 Å². The number of nitrogens with zero attached hydrogens (tertiary/aromatic N) is 2. The third kappa shape index (κ3) is 8.87. The highest BCUT2D eigenvalue weighted by atomic mass is 19.4. The molecule has 2 aromatic heterocycles.